The molecular weight excluding hydrogens is 198 g/mol. The van der Waals surface area contributed by atoms with E-state index in [1.165, 1.54) is 17.9 Å². The van der Waals surface area contributed by atoms with Gasteiger partial charge < -0.3 is 10.0 Å². The number of nitrogens with zero attached hydrogens (tertiary/aromatic N) is 1. The van der Waals surface area contributed by atoms with E-state index in [0.29, 0.717) is 0 Å². The highest BCUT2D eigenvalue weighted by molar-refractivity contribution is 7.99. The summed E-state index contributed by atoms with van der Waals surface area (Å²) in [5, 5.41) is 8.86. The minimum Gasteiger partial charge on any atom is -0.481 e. The third kappa shape index (κ3) is 2.42. The quantitative estimate of drug-likeness (QED) is 0.766. The van der Waals surface area contributed by atoms with Crippen molar-refractivity contribution >= 4 is 17.7 Å². The van der Waals surface area contributed by atoms with Crippen LogP contribution in [0.25, 0.3) is 0 Å². The summed E-state index contributed by atoms with van der Waals surface area (Å²) < 4.78 is 0. The van der Waals surface area contributed by atoms with Gasteiger partial charge in [-0.25, -0.2) is 0 Å². The number of hydrogen-bond donors (Lipinski definition) is 1. The first-order valence-corrected chi connectivity index (χ1v) is 6.44. The van der Waals surface area contributed by atoms with Gasteiger partial charge in [-0.2, -0.15) is 11.8 Å². The summed E-state index contributed by atoms with van der Waals surface area (Å²) >= 11 is 2.03. The summed E-state index contributed by atoms with van der Waals surface area (Å²) in [6.07, 6.45) is 2.16. The molecule has 4 heteroatoms. The van der Waals surface area contributed by atoms with Gasteiger partial charge in [0.2, 0.25) is 0 Å². The van der Waals surface area contributed by atoms with Gasteiger partial charge in [0, 0.05) is 13.1 Å². The fourth-order valence-corrected chi connectivity index (χ4v) is 3.56. The van der Waals surface area contributed by atoms with Crippen LogP contribution in [-0.4, -0.2) is 47.1 Å². The van der Waals surface area contributed by atoms with Gasteiger partial charge >= 0.3 is 5.97 Å². The van der Waals surface area contributed by atoms with Gasteiger partial charge in [0.15, 0.2) is 0 Å². The molecule has 2 saturated heterocycles. The van der Waals surface area contributed by atoms with E-state index in [9.17, 15) is 4.79 Å². The second-order valence-electron chi connectivity index (χ2n) is 4.31. The third-order valence-electron chi connectivity index (χ3n) is 3.16. The monoisotopic (exact) mass is 215 g/mol. The first-order valence-electron chi connectivity index (χ1n) is 5.28. The van der Waals surface area contributed by atoms with Gasteiger partial charge in [0.1, 0.15) is 0 Å². The van der Waals surface area contributed by atoms with Crippen molar-refractivity contribution in [1.29, 1.82) is 0 Å². The molecule has 2 aliphatic heterocycles. The molecule has 0 spiro atoms. The van der Waals surface area contributed by atoms with E-state index < -0.39 is 5.97 Å². The Bertz CT molecular complexity index is 216. The third-order valence-corrected chi connectivity index (χ3v) is 4.39. The van der Waals surface area contributed by atoms with E-state index in [1.54, 1.807) is 0 Å². The van der Waals surface area contributed by atoms with Crippen molar-refractivity contribution in [3.63, 3.8) is 0 Å². The lowest BCUT2D eigenvalue weighted by Crippen LogP contribution is -2.28. The molecule has 2 unspecified atom stereocenters. The molecule has 2 aliphatic rings. The number of carboxylic acid groups (broad SMARTS) is 1. The second-order valence-corrected chi connectivity index (χ2v) is 5.46. The largest absolute Gasteiger partial charge is 0.481 e. The number of hydrogen-bond acceptors (Lipinski definition) is 3. The molecular formula is C10H17NO2S. The molecule has 3 nitrogen and oxygen atoms in total. The highest BCUT2D eigenvalue weighted by atomic mass is 32.2. The Labute approximate surface area is 88.9 Å². The molecule has 14 heavy (non-hydrogen) atoms. The molecule has 2 atom stereocenters. The Morgan fingerprint density at radius 3 is 2.93 bits per heavy atom. The van der Waals surface area contributed by atoms with Crippen LogP contribution in [0.15, 0.2) is 0 Å². The Balaban J connectivity index is 1.75. The summed E-state index contributed by atoms with van der Waals surface area (Å²) in [5.41, 5.74) is 0. The molecule has 0 aromatic carbocycles. The van der Waals surface area contributed by atoms with Crippen molar-refractivity contribution in [2.24, 2.45) is 11.8 Å². The maximum atomic E-state index is 10.8. The topological polar surface area (TPSA) is 40.5 Å². The average molecular weight is 215 g/mol. The van der Waals surface area contributed by atoms with Gasteiger partial charge in [0.25, 0.3) is 0 Å². The van der Waals surface area contributed by atoms with E-state index in [2.05, 4.69) is 4.90 Å². The number of rotatable bonds is 3. The molecule has 80 valence electrons. The first kappa shape index (κ1) is 10.3. The van der Waals surface area contributed by atoms with Crippen molar-refractivity contribution in [2.45, 2.75) is 12.8 Å². The maximum absolute atomic E-state index is 10.8. The lowest BCUT2D eigenvalue weighted by Gasteiger charge is -2.19. The van der Waals surface area contributed by atoms with Crippen LogP contribution >= 0.6 is 11.8 Å². The molecule has 0 radical (unpaired) electrons. The average Bonchev–Trinajstić information content (AvgIpc) is 2.75. The van der Waals surface area contributed by atoms with Crippen LogP contribution in [0, 0.1) is 11.8 Å². The van der Waals surface area contributed by atoms with Gasteiger partial charge in [-0.15, -0.1) is 0 Å². The Morgan fingerprint density at radius 1 is 1.50 bits per heavy atom. The smallest absolute Gasteiger partial charge is 0.307 e. The molecule has 0 aliphatic carbocycles. The fraction of sp³-hybridized carbons (Fsp3) is 0.900. The molecule has 0 amide bonds. The molecule has 0 saturated carbocycles. The van der Waals surface area contributed by atoms with E-state index in [1.807, 2.05) is 11.8 Å². The number of likely N-dealkylation sites (tertiary alicyclic amines) is 1. The Kier molecular flexibility index (Phi) is 3.34. The summed E-state index contributed by atoms with van der Waals surface area (Å²) in [6.45, 7) is 2.88. The summed E-state index contributed by atoms with van der Waals surface area (Å²) in [7, 11) is 0. The van der Waals surface area contributed by atoms with Crippen molar-refractivity contribution in [3.05, 3.63) is 0 Å². The van der Waals surface area contributed by atoms with Crippen LogP contribution < -0.4 is 0 Å². The van der Waals surface area contributed by atoms with Crippen LogP contribution in [0.1, 0.15) is 12.8 Å². The molecule has 0 aromatic rings. The summed E-state index contributed by atoms with van der Waals surface area (Å²) in [4.78, 5) is 13.1. The molecule has 0 aromatic heterocycles. The maximum Gasteiger partial charge on any atom is 0.307 e. The molecule has 2 rings (SSSR count). The van der Waals surface area contributed by atoms with Crippen LogP contribution in [-0.2, 0) is 4.79 Å². The lowest BCUT2D eigenvalue weighted by molar-refractivity contribution is -0.141. The Morgan fingerprint density at radius 2 is 2.36 bits per heavy atom. The normalized spacial score (nSPS) is 33.7. The lowest BCUT2D eigenvalue weighted by atomic mass is 10.1. The first-order chi connectivity index (χ1) is 6.75. The van der Waals surface area contributed by atoms with Crippen molar-refractivity contribution in [1.82, 2.24) is 4.90 Å². The van der Waals surface area contributed by atoms with Crippen molar-refractivity contribution in [2.75, 3.05) is 31.1 Å². The van der Waals surface area contributed by atoms with Crippen LogP contribution in [0.4, 0.5) is 0 Å². The molecule has 2 fully saturated rings. The highest BCUT2D eigenvalue weighted by Crippen LogP contribution is 2.26. The number of thioether (sulfide) groups is 1. The van der Waals surface area contributed by atoms with Gasteiger partial charge in [0.05, 0.1) is 5.92 Å². The minimum atomic E-state index is -0.617. The van der Waals surface area contributed by atoms with E-state index >= 15 is 0 Å². The summed E-state index contributed by atoms with van der Waals surface area (Å²) in [6, 6.07) is 0. The summed E-state index contributed by atoms with van der Waals surface area (Å²) in [5.74, 6) is 2.65. The van der Waals surface area contributed by atoms with E-state index in [4.69, 9.17) is 5.11 Å². The fourth-order valence-electron chi connectivity index (χ4n) is 2.29. The molecule has 0 bridgehead atoms. The zero-order valence-electron chi connectivity index (χ0n) is 8.32. The standard InChI is InChI=1S/C10H17NO2S/c12-10(13)9-1-3-11(6-9)5-8-2-4-14-7-8/h8-9H,1-7H2,(H,12,13). The zero-order chi connectivity index (χ0) is 9.97. The van der Waals surface area contributed by atoms with Gasteiger partial charge in [-0.05, 0) is 36.8 Å². The highest BCUT2D eigenvalue weighted by Gasteiger charge is 2.29. The van der Waals surface area contributed by atoms with Crippen LogP contribution in [0.2, 0.25) is 0 Å². The predicted octanol–water partition coefficient (Wildman–Crippen LogP) is 1.15. The van der Waals surface area contributed by atoms with Crippen LogP contribution in [0.3, 0.4) is 0 Å². The van der Waals surface area contributed by atoms with E-state index in [-0.39, 0.29) is 5.92 Å². The van der Waals surface area contributed by atoms with Gasteiger partial charge in [-0.1, -0.05) is 0 Å². The number of carboxylic acids is 1. The zero-order valence-corrected chi connectivity index (χ0v) is 9.13. The van der Waals surface area contributed by atoms with Gasteiger partial charge in [-0.3, -0.25) is 4.79 Å². The molecule has 2 heterocycles. The number of carbonyl (C=O) groups is 1. The predicted molar refractivity (Wildman–Crippen MR) is 57.6 cm³/mol. The van der Waals surface area contributed by atoms with Crippen molar-refractivity contribution in [3.8, 4) is 0 Å². The molecule has 1 N–H and O–H groups in total. The Hall–Kier alpha value is -0.220. The van der Waals surface area contributed by atoms with Crippen molar-refractivity contribution < 1.29 is 9.90 Å². The SMILES string of the molecule is O=C(O)C1CCN(CC2CCSC2)C1. The van der Waals surface area contributed by atoms with E-state index in [0.717, 1.165) is 32.0 Å². The second kappa shape index (κ2) is 4.53. The number of aliphatic carboxylic acids is 1. The van der Waals surface area contributed by atoms with Crippen LogP contribution in [0.5, 0.6) is 0 Å². The minimum absolute atomic E-state index is 0.107.